The highest BCUT2D eigenvalue weighted by molar-refractivity contribution is 5.93. The molecule has 1 aliphatic rings. The first kappa shape index (κ1) is 10.9. The second-order valence-corrected chi connectivity index (χ2v) is 4.09. The molecular formula is C13H14O3. The number of hydrogen-bond donors (Lipinski definition) is 0. The number of ketones is 1. The second kappa shape index (κ2) is 4.47. The summed E-state index contributed by atoms with van der Waals surface area (Å²) in [6.07, 6.45) is 0.891. The minimum atomic E-state index is -0.271. The Morgan fingerprint density at radius 3 is 2.62 bits per heavy atom. The maximum absolute atomic E-state index is 11.8. The van der Waals surface area contributed by atoms with Crippen LogP contribution in [0.25, 0.3) is 0 Å². The smallest absolute Gasteiger partial charge is 0.309 e. The molecule has 0 aromatic heterocycles. The first-order valence-electron chi connectivity index (χ1n) is 5.38. The van der Waals surface area contributed by atoms with Gasteiger partial charge in [-0.05, 0) is 12.0 Å². The SMILES string of the molecule is COC(=O)C1CC(=O)C(c2ccccc2)C1. The summed E-state index contributed by atoms with van der Waals surface area (Å²) in [4.78, 5) is 23.2. The summed E-state index contributed by atoms with van der Waals surface area (Å²) in [7, 11) is 1.36. The average molecular weight is 218 g/mol. The van der Waals surface area contributed by atoms with Gasteiger partial charge in [0, 0.05) is 12.3 Å². The van der Waals surface area contributed by atoms with Crippen LogP contribution < -0.4 is 0 Å². The Bertz CT molecular complexity index is 397. The average Bonchev–Trinajstić information content (AvgIpc) is 2.71. The number of esters is 1. The Morgan fingerprint density at radius 2 is 2.00 bits per heavy atom. The third-order valence-corrected chi connectivity index (χ3v) is 3.09. The molecular weight excluding hydrogens is 204 g/mol. The van der Waals surface area contributed by atoms with Gasteiger partial charge < -0.3 is 4.74 Å². The minimum Gasteiger partial charge on any atom is -0.469 e. The van der Waals surface area contributed by atoms with Crippen molar-refractivity contribution in [2.45, 2.75) is 18.8 Å². The molecule has 0 N–H and O–H groups in total. The maximum Gasteiger partial charge on any atom is 0.309 e. The van der Waals surface area contributed by atoms with E-state index >= 15 is 0 Å². The maximum atomic E-state index is 11.8. The van der Waals surface area contributed by atoms with Crippen LogP contribution in [0.3, 0.4) is 0 Å². The topological polar surface area (TPSA) is 43.4 Å². The van der Waals surface area contributed by atoms with E-state index in [2.05, 4.69) is 4.74 Å². The predicted octanol–water partition coefficient (Wildman–Crippen LogP) is 1.92. The highest BCUT2D eigenvalue weighted by Crippen LogP contribution is 2.35. The quantitative estimate of drug-likeness (QED) is 0.712. The van der Waals surface area contributed by atoms with E-state index in [-0.39, 0.29) is 23.6 Å². The first-order valence-corrected chi connectivity index (χ1v) is 5.38. The van der Waals surface area contributed by atoms with Crippen LogP contribution in [0.15, 0.2) is 30.3 Å². The van der Waals surface area contributed by atoms with Crippen LogP contribution in [0.2, 0.25) is 0 Å². The van der Waals surface area contributed by atoms with Gasteiger partial charge in [0.1, 0.15) is 5.78 Å². The van der Waals surface area contributed by atoms with Gasteiger partial charge >= 0.3 is 5.97 Å². The van der Waals surface area contributed by atoms with Crippen molar-refractivity contribution >= 4 is 11.8 Å². The standard InChI is InChI=1S/C13H14O3/c1-16-13(15)10-7-11(12(14)8-10)9-5-3-2-4-6-9/h2-6,10-11H,7-8H2,1H3. The lowest BCUT2D eigenvalue weighted by atomic mass is 9.96. The Hall–Kier alpha value is -1.64. The Morgan fingerprint density at radius 1 is 1.31 bits per heavy atom. The van der Waals surface area contributed by atoms with Gasteiger partial charge in [0.15, 0.2) is 0 Å². The van der Waals surface area contributed by atoms with E-state index in [4.69, 9.17) is 0 Å². The fourth-order valence-electron chi connectivity index (χ4n) is 2.24. The van der Waals surface area contributed by atoms with Crippen LogP contribution in [-0.2, 0) is 14.3 Å². The molecule has 1 aromatic rings. The number of hydrogen-bond acceptors (Lipinski definition) is 3. The van der Waals surface area contributed by atoms with Crippen LogP contribution in [0.4, 0.5) is 0 Å². The van der Waals surface area contributed by atoms with Gasteiger partial charge in [0.05, 0.1) is 13.0 Å². The van der Waals surface area contributed by atoms with Crippen LogP contribution in [0.5, 0.6) is 0 Å². The van der Waals surface area contributed by atoms with Crippen molar-refractivity contribution in [2.75, 3.05) is 7.11 Å². The van der Waals surface area contributed by atoms with Gasteiger partial charge in [-0.3, -0.25) is 9.59 Å². The second-order valence-electron chi connectivity index (χ2n) is 4.09. The zero-order chi connectivity index (χ0) is 11.5. The highest BCUT2D eigenvalue weighted by atomic mass is 16.5. The van der Waals surface area contributed by atoms with E-state index in [9.17, 15) is 9.59 Å². The highest BCUT2D eigenvalue weighted by Gasteiger charge is 2.37. The van der Waals surface area contributed by atoms with E-state index < -0.39 is 0 Å². The van der Waals surface area contributed by atoms with Crippen molar-refractivity contribution in [3.8, 4) is 0 Å². The van der Waals surface area contributed by atoms with Gasteiger partial charge in [0.25, 0.3) is 0 Å². The molecule has 1 aromatic carbocycles. The number of ether oxygens (including phenoxy) is 1. The van der Waals surface area contributed by atoms with Crippen molar-refractivity contribution < 1.29 is 14.3 Å². The molecule has 16 heavy (non-hydrogen) atoms. The summed E-state index contributed by atoms with van der Waals surface area (Å²) in [6, 6.07) is 9.60. The molecule has 0 bridgehead atoms. The lowest BCUT2D eigenvalue weighted by molar-refractivity contribution is -0.145. The largest absolute Gasteiger partial charge is 0.469 e. The summed E-state index contributed by atoms with van der Waals surface area (Å²) in [6.45, 7) is 0. The van der Waals surface area contributed by atoms with Gasteiger partial charge in [-0.25, -0.2) is 0 Å². The zero-order valence-corrected chi connectivity index (χ0v) is 9.18. The number of carbonyl (C=O) groups excluding carboxylic acids is 2. The summed E-state index contributed by atoms with van der Waals surface area (Å²) >= 11 is 0. The van der Waals surface area contributed by atoms with E-state index in [1.165, 1.54) is 7.11 Å². The van der Waals surface area contributed by atoms with Gasteiger partial charge in [-0.15, -0.1) is 0 Å². The molecule has 1 aliphatic carbocycles. The van der Waals surface area contributed by atoms with E-state index in [1.807, 2.05) is 30.3 Å². The van der Waals surface area contributed by atoms with Gasteiger partial charge in [0.2, 0.25) is 0 Å². The Balaban J connectivity index is 2.14. The normalized spacial score (nSPS) is 24.4. The summed E-state index contributed by atoms with van der Waals surface area (Å²) in [5, 5.41) is 0. The molecule has 3 heteroatoms. The first-order chi connectivity index (χ1) is 7.72. The van der Waals surface area contributed by atoms with Crippen molar-refractivity contribution in [3.05, 3.63) is 35.9 Å². The number of carbonyl (C=O) groups is 2. The third kappa shape index (κ3) is 1.98. The van der Waals surface area contributed by atoms with Gasteiger partial charge in [-0.2, -0.15) is 0 Å². The predicted molar refractivity (Wildman–Crippen MR) is 58.9 cm³/mol. The molecule has 3 nitrogen and oxygen atoms in total. The Kier molecular flexibility index (Phi) is 3.04. The molecule has 0 aliphatic heterocycles. The lowest BCUT2D eigenvalue weighted by Gasteiger charge is -2.08. The summed E-state index contributed by atoms with van der Waals surface area (Å²) < 4.78 is 4.68. The number of Topliss-reactive ketones (excluding diaryl/α,β-unsaturated/α-hetero) is 1. The number of rotatable bonds is 2. The molecule has 2 rings (SSSR count). The molecule has 0 saturated heterocycles. The number of benzene rings is 1. The zero-order valence-electron chi connectivity index (χ0n) is 9.18. The van der Waals surface area contributed by atoms with E-state index in [0.717, 1.165) is 5.56 Å². The lowest BCUT2D eigenvalue weighted by Crippen LogP contribution is -2.12. The fourth-order valence-corrected chi connectivity index (χ4v) is 2.24. The monoisotopic (exact) mass is 218 g/mol. The van der Waals surface area contributed by atoms with Crippen molar-refractivity contribution in [1.29, 1.82) is 0 Å². The third-order valence-electron chi connectivity index (χ3n) is 3.09. The molecule has 1 saturated carbocycles. The summed E-state index contributed by atoms with van der Waals surface area (Å²) in [5.41, 5.74) is 0.999. The van der Waals surface area contributed by atoms with Crippen molar-refractivity contribution in [2.24, 2.45) is 5.92 Å². The summed E-state index contributed by atoms with van der Waals surface area (Å²) in [5.74, 6) is -0.526. The molecule has 1 fully saturated rings. The molecule has 0 spiro atoms. The molecule has 2 unspecified atom stereocenters. The molecule has 2 atom stereocenters. The molecule has 84 valence electrons. The fraction of sp³-hybridized carbons (Fsp3) is 0.385. The minimum absolute atomic E-state index is 0.134. The van der Waals surface area contributed by atoms with E-state index in [1.54, 1.807) is 0 Å². The van der Waals surface area contributed by atoms with E-state index in [0.29, 0.717) is 12.8 Å². The van der Waals surface area contributed by atoms with Crippen molar-refractivity contribution in [3.63, 3.8) is 0 Å². The Labute approximate surface area is 94.4 Å². The molecule has 0 amide bonds. The van der Waals surface area contributed by atoms with Crippen LogP contribution in [0.1, 0.15) is 24.3 Å². The van der Waals surface area contributed by atoms with Crippen LogP contribution in [-0.4, -0.2) is 18.9 Å². The van der Waals surface area contributed by atoms with Crippen LogP contribution in [0, 0.1) is 5.92 Å². The number of methoxy groups -OCH3 is 1. The molecule has 0 radical (unpaired) electrons. The molecule has 0 heterocycles. The van der Waals surface area contributed by atoms with Crippen molar-refractivity contribution in [1.82, 2.24) is 0 Å². The van der Waals surface area contributed by atoms with Gasteiger partial charge in [-0.1, -0.05) is 30.3 Å². The van der Waals surface area contributed by atoms with Crippen LogP contribution >= 0.6 is 0 Å².